The number of likely N-dealkylation sites (N-methyl/N-ethyl adjacent to an activating group) is 1. The molecule has 2 aromatic carbocycles. The van der Waals surface area contributed by atoms with Gasteiger partial charge in [-0.1, -0.05) is 6.07 Å². The Bertz CT molecular complexity index is 1250. The maximum absolute atomic E-state index is 13.3. The molecule has 12 heteroatoms. The molecule has 0 aliphatic carbocycles. The van der Waals surface area contributed by atoms with Gasteiger partial charge in [0.25, 0.3) is 5.91 Å². The van der Waals surface area contributed by atoms with E-state index < -0.39 is 23.7 Å². The van der Waals surface area contributed by atoms with E-state index in [1.807, 2.05) is 19.0 Å². The standard InChI is InChI=1S/C25H25F3N4O5/c1-29-24(34)37-22-15-19(9-10-30-22)36-18-6-4-5-16(13-18)23(33)31-20-14-17(25(26,27)28)7-8-21(20)35-12-11-32(2)3/h4-10,13-15H,11-12H2,1-3H3,(H,29,34)(H,31,33). The minimum absolute atomic E-state index is 0.00269. The summed E-state index contributed by atoms with van der Waals surface area (Å²) >= 11 is 0. The highest BCUT2D eigenvalue weighted by molar-refractivity contribution is 6.05. The molecule has 0 saturated carbocycles. The Balaban J connectivity index is 1.79. The lowest BCUT2D eigenvalue weighted by atomic mass is 10.1. The van der Waals surface area contributed by atoms with Gasteiger partial charge in [-0.3, -0.25) is 4.79 Å². The van der Waals surface area contributed by atoms with Crippen LogP contribution in [0.25, 0.3) is 0 Å². The predicted octanol–water partition coefficient (Wildman–Crippen LogP) is 4.80. The van der Waals surface area contributed by atoms with Crippen LogP contribution >= 0.6 is 0 Å². The van der Waals surface area contributed by atoms with Crippen LogP contribution in [-0.4, -0.2) is 56.2 Å². The zero-order valence-corrected chi connectivity index (χ0v) is 20.3. The van der Waals surface area contributed by atoms with Gasteiger partial charge in [0.1, 0.15) is 23.9 Å². The number of halogens is 3. The normalized spacial score (nSPS) is 11.1. The Hall–Kier alpha value is -4.32. The summed E-state index contributed by atoms with van der Waals surface area (Å²) in [5.41, 5.74) is -0.910. The number of anilines is 1. The second kappa shape index (κ2) is 12.1. The van der Waals surface area contributed by atoms with Crippen molar-refractivity contribution in [1.82, 2.24) is 15.2 Å². The Morgan fingerprint density at radius 3 is 2.49 bits per heavy atom. The highest BCUT2D eigenvalue weighted by Gasteiger charge is 2.31. The zero-order chi connectivity index (χ0) is 27.0. The maximum atomic E-state index is 13.3. The fourth-order valence-electron chi connectivity index (χ4n) is 2.96. The summed E-state index contributed by atoms with van der Waals surface area (Å²) in [6.07, 6.45) is -3.93. The average molecular weight is 518 g/mol. The molecule has 196 valence electrons. The molecule has 0 bridgehead atoms. The molecule has 0 aliphatic rings. The molecule has 0 fully saturated rings. The van der Waals surface area contributed by atoms with Crippen LogP contribution in [0.5, 0.6) is 23.1 Å². The monoisotopic (exact) mass is 518 g/mol. The van der Waals surface area contributed by atoms with E-state index in [0.717, 1.165) is 12.1 Å². The fraction of sp³-hybridized carbons (Fsp3) is 0.240. The van der Waals surface area contributed by atoms with Crippen molar-refractivity contribution in [2.75, 3.05) is 39.6 Å². The summed E-state index contributed by atoms with van der Waals surface area (Å²) in [6, 6.07) is 11.8. The number of amides is 2. The Labute approximate surface area is 211 Å². The molecule has 1 aromatic heterocycles. The van der Waals surface area contributed by atoms with Gasteiger partial charge in [0.05, 0.1) is 11.3 Å². The number of hydrogen-bond acceptors (Lipinski definition) is 7. The average Bonchev–Trinajstić information content (AvgIpc) is 2.84. The highest BCUT2D eigenvalue weighted by atomic mass is 19.4. The largest absolute Gasteiger partial charge is 0.490 e. The lowest BCUT2D eigenvalue weighted by Crippen LogP contribution is -2.22. The molecule has 1 heterocycles. The van der Waals surface area contributed by atoms with Crippen molar-refractivity contribution in [1.29, 1.82) is 0 Å². The van der Waals surface area contributed by atoms with E-state index in [2.05, 4.69) is 15.6 Å². The minimum atomic E-state index is -4.60. The minimum Gasteiger partial charge on any atom is -0.490 e. The van der Waals surface area contributed by atoms with Gasteiger partial charge in [0.15, 0.2) is 0 Å². The molecule has 0 atom stereocenters. The summed E-state index contributed by atoms with van der Waals surface area (Å²) in [4.78, 5) is 30.1. The number of alkyl halides is 3. The molecule has 0 radical (unpaired) electrons. The van der Waals surface area contributed by atoms with Gasteiger partial charge in [-0.05, 0) is 56.6 Å². The third kappa shape index (κ3) is 8.10. The Morgan fingerprint density at radius 2 is 1.78 bits per heavy atom. The molecule has 37 heavy (non-hydrogen) atoms. The Kier molecular flexibility index (Phi) is 8.90. The van der Waals surface area contributed by atoms with E-state index in [1.165, 1.54) is 43.6 Å². The summed E-state index contributed by atoms with van der Waals surface area (Å²) in [5.74, 6) is -0.0223. The molecule has 2 N–H and O–H groups in total. The van der Waals surface area contributed by atoms with Crippen molar-refractivity contribution in [3.8, 4) is 23.1 Å². The molecule has 0 aliphatic heterocycles. The van der Waals surface area contributed by atoms with E-state index in [0.29, 0.717) is 6.54 Å². The molecule has 0 spiro atoms. The number of hydrogen-bond donors (Lipinski definition) is 2. The smallest absolute Gasteiger partial charge is 0.416 e. The molecule has 0 unspecified atom stereocenters. The van der Waals surface area contributed by atoms with E-state index in [1.54, 1.807) is 12.1 Å². The number of aromatic nitrogens is 1. The molecule has 0 saturated heterocycles. The zero-order valence-electron chi connectivity index (χ0n) is 20.3. The number of rotatable bonds is 9. The lowest BCUT2D eigenvalue weighted by Gasteiger charge is -2.17. The second-order valence-electron chi connectivity index (χ2n) is 7.91. The van der Waals surface area contributed by atoms with Gasteiger partial charge in [0.2, 0.25) is 5.88 Å². The molecule has 2 amide bonds. The van der Waals surface area contributed by atoms with Gasteiger partial charge in [-0.25, -0.2) is 9.78 Å². The number of pyridine rings is 1. The lowest BCUT2D eigenvalue weighted by molar-refractivity contribution is -0.137. The van der Waals surface area contributed by atoms with Crippen LogP contribution in [0.2, 0.25) is 0 Å². The number of nitrogens with zero attached hydrogens (tertiary/aromatic N) is 2. The van der Waals surface area contributed by atoms with Gasteiger partial charge in [-0.15, -0.1) is 0 Å². The van der Waals surface area contributed by atoms with E-state index in [4.69, 9.17) is 14.2 Å². The number of carbonyl (C=O) groups is 2. The van der Waals surface area contributed by atoms with Gasteiger partial charge >= 0.3 is 12.3 Å². The maximum Gasteiger partial charge on any atom is 0.416 e. The first-order chi connectivity index (χ1) is 17.5. The topological polar surface area (TPSA) is 102 Å². The first kappa shape index (κ1) is 27.3. The quantitative estimate of drug-likeness (QED) is 0.420. The number of benzene rings is 2. The van der Waals surface area contributed by atoms with Gasteiger partial charge in [0, 0.05) is 31.4 Å². The number of ether oxygens (including phenoxy) is 3. The third-order valence-electron chi connectivity index (χ3n) is 4.79. The van der Waals surface area contributed by atoms with Gasteiger partial charge in [-0.2, -0.15) is 13.2 Å². The number of carbonyl (C=O) groups excluding carboxylic acids is 2. The second-order valence-corrected chi connectivity index (χ2v) is 7.91. The summed E-state index contributed by atoms with van der Waals surface area (Å²) in [5, 5.41) is 4.79. The first-order valence-corrected chi connectivity index (χ1v) is 11.0. The van der Waals surface area contributed by atoms with Crippen LogP contribution in [0.15, 0.2) is 60.8 Å². The van der Waals surface area contributed by atoms with Crippen molar-refractivity contribution in [2.24, 2.45) is 0 Å². The molecule has 3 rings (SSSR count). The summed E-state index contributed by atoms with van der Waals surface area (Å²) in [6.45, 7) is 0.737. The van der Waals surface area contributed by atoms with E-state index >= 15 is 0 Å². The SMILES string of the molecule is CNC(=O)Oc1cc(Oc2cccc(C(=O)Nc3cc(C(F)(F)F)ccc3OCCN(C)C)c2)ccn1. The first-order valence-electron chi connectivity index (χ1n) is 11.0. The van der Waals surface area contributed by atoms with Crippen LogP contribution in [0.1, 0.15) is 15.9 Å². The van der Waals surface area contributed by atoms with E-state index in [9.17, 15) is 22.8 Å². The van der Waals surface area contributed by atoms with Crippen LogP contribution in [0, 0.1) is 0 Å². The van der Waals surface area contributed by atoms with Crippen LogP contribution in [0.3, 0.4) is 0 Å². The number of nitrogens with one attached hydrogen (secondary N) is 2. The van der Waals surface area contributed by atoms with Crippen molar-refractivity contribution in [3.63, 3.8) is 0 Å². The molecular weight excluding hydrogens is 493 g/mol. The van der Waals surface area contributed by atoms with Crippen LogP contribution < -0.4 is 24.8 Å². The van der Waals surface area contributed by atoms with Crippen LogP contribution in [-0.2, 0) is 6.18 Å². The van der Waals surface area contributed by atoms with Crippen molar-refractivity contribution in [2.45, 2.75) is 6.18 Å². The fourth-order valence-corrected chi connectivity index (χ4v) is 2.96. The van der Waals surface area contributed by atoms with Crippen molar-refractivity contribution in [3.05, 3.63) is 71.9 Å². The third-order valence-corrected chi connectivity index (χ3v) is 4.79. The molecule has 3 aromatic rings. The summed E-state index contributed by atoms with van der Waals surface area (Å²) in [7, 11) is 5.06. The predicted molar refractivity (Wildman–Crippen MR) is 129 cm³/mol. The summed E-state index contributed by atoms with van der Waals surface area (Å²) < 4.78 is 56.1. The van der Waals surface area contributed by atoms with Gasteiger partial charge < -0.3 is 29.7 Å². The van der Waals surface area contributed by atoms with Crippen molar-refractivity contribution >= 4 is 17.7 Å². The Morgan fingerprint density at radius 1 is 1.03 bits per heavy atom. The molecule has 9 nitrogen and oxygen atoms in total. The van der Waals surface area contributed by atoms with Crippen LogP contribution in [0.4, 0.5) is 23.7 Å². The van der Waals surface area contributed by atoms with Crippen molar-refractivity contribution < 1.29 is 37.0 Å². The molecular formula is C25H25F3N4O5. The van der Waals surface area contributed by atoms with E-state index in [-0.39, 0.29) is 41.0 Å². The highest BCUT2D eigenvalue weighted by Crippen LogP contribution is 2.35.